The lowest BCUT2D eigenvalue weighted by molar-refractivity contribution is 0.0606. The van der Waals surface area contributed by atoms with Gasteiger partial charge in [-0.2, -0.15) is 5.26 Å². The molecular weight excluding hydrogens is 333 g/mol. The molecule has 0 spiro atoms. The number of carbonyl (C=O) groups is 1. The van der Waals surface area contributed by atoms with E-state index in [1.54, 1.807) is 48.4 Å². The van der Waals surface area contributed by atoms with Gasteiger partial charge in [-0.05, 0) is 42.0 Å². The highest BCUT2D eigenvalue weighted by Gasteiger charge is 2.27. The Kier molecular flexibility index (Phi) is 5.49. The predicted octanol–water partition coefficient (Wildman–Crippen LogP) is 2.86. The average Bonchev–Trinajstić information content (AvgIpc) is 2.70. The summed E-state index contributed by atoms with van der Waals surface area (Å²) in [7, 11) is 1.59. The van der Waals surface area contributed by atoms with E-state index in [4.69, 9.17) is 4.74 Å². The van der Waals surface area contributed by atoms with Crippen molar-refractivity contribution in [3.05, 3.63) is 65.5 Å². The summed E-state index contributed by atoms with van der Waals surface area (Å²) in [6.45, 7) is 2.28. The Morgan fingerprint density at radius 3 is 2.23 bits per heavy atom. The number of hydrogen-bond acceptors (Lipinski definition) is 4. The predicted molar refractivity (Wildman–Crippen MR) is 95.2 cm³/mol. The number of nitrogens with zero attached hydrogens (tertiary/aromatic N) is 3. The molecule has 1 heterocycles. The van der Waals surface area contributed by atoms with E-state index in [9.17, 15) is 14.4 Å². The van der Waals surface area contributed by atoms with Crippen LogP contribution in [0.2, 0.25) is 0 Å². The van der Waals surface area contributed by atoms with Crippen LogP contribution in [0.15, 0.2) is 48.5 Å². The minimum absolute atomic E-state index is 0.0254. The number of methoxy groups -OCH3 is 1. The minimum Gasteiger partial charge on any atom is -0.497 e. The van der Waals surface area contributed by atoms with Crippen LogP contribution >= 0.6 is 0 Å². The molecule has 0 aromatic heterocycles. The van der Waals surface area contributed by atoms with Crippen molar-refractivity contribution in [1.82, 2.24) is 9.80 Å². The van der Waals surface area contributed by atoms with E-state index in [2.05, 4.69) is 6.07 Å². The number of amides is 1. The van der Waals surface area contributed by atoms with Crippen LogP contribution in [-0.2, 0) is 0 Å². The summed E-state index contributed by atoms with van der Waals surface area (Å²) in [5.41, 5.74) is 1.39. The fourth-order valence-electron chi connectivity index (χ4n) is 3.11. The van der Waals surface area contributed by atoms with Gasteiger partial charge in [0.25, 0.3) is 5.91 Å². The molecule has 0 radical (unpaired) electrons. The quantitative estimate of drug-likeness (QED) is 0.848. The lowest BCUT2D eigenvalue weighted by Gasteiger charge is -2.37. The Morgan fingerprint density at radius 2 is 1.69 bits per heavy atom. The molecule has 1 aliphatic heterocycles. The molecule has 0 saturated carbocycles. The highest BCUT2D eigenvalue weighted by Crippen LogP contribution is 2.22. The van der Waals surface area contributed by atoms with Crippen molar-refractivity contribution in [2.75, 3.05) is 33.3 Å². The maximum atomic E-state index is 13.1. The summed E-state index contributed by atoms with van der Waals surface area (Å²) >= 11 is 0. The van der Waals surface area contributed by atoms with Gasteiger partial charge in [0.1, 0.15) is 17.6 Å². The largest absolute Gasteiger partial charge is 0.497 e. The van der Waals surface area contributed by atoms with Crippen LogP contribution in [0.4, 0.5) is 4.39 Å². The first-order valence-electron chi connectivity index (χ1n) is 8.45. The molecule has 0 unspecified atom stereocenters. The molecular formula is C20H20FN3O2. The number of rotatable bonds is 4. The number of nitriles is 1. The van der Waals surface area contributed by atoms with Crippen LogP contribution < -0.4 is 4.74 Å². The highest BCUT2D eigenvalue weighted by atomic mass is 19.1. The monoisotopic (exact) mass is 353 g/mol. The zero-order valence-corrected chi connectivity index (χ0v) is 14.6. The summed E-state index contributed by atoms with van der Waals surface area (Å²) in [5, 5.41) is 9.53. The highest BCUT2D eigenvalue weighted by molar-refractivity contribution is 5.94. The molecule has 1 fully saturated rings. The standard InChI is InChI=1S/C20H20FN3O2/c1-26-18-8-4-16(5-9-18)20(25)24-12-10-23(11-13-24)19(14-22)15-2-6-17(21)7-3-15/h2-9,19H,10-13H2,1H3/t19-/m1/s1. The van der Waals surface area contributed by atoms with Gasteiger partial charge in [0, 0.05) is 31.7 Å². The maximum absolute atomic E-state index is 13.1. The molecule has 1 aliphatic rings. The molecule has 0 aliphatic carbocycles. The number of hydrogen-bond donors (Lipinski definition) is 0. The van der Waals surface area contributed by atoms with Gasteiger partial charge in [-0.1, -0.05) is 12.1 Å². The molecule has 6 heteroatoms. The number of benzene rings is 2. The second kappa shape index (κ2) is 7.98. The van der Waals surface area contributed by atoms with Gasteiger partial charge in [0.2, 0.25) is 0 Å². The van der Waals surface area contributed by atoms with Crippen LogP contribution in [0.3, 0.4) is 0 Å². The summed E-state index contributed by atoms with van der Waals surface area (Å²) in [5.74, 6) is 0.366. The normalized spacial score (nSPS) is 16.0. The molecule has 134 valence electrons. The third-order valence-electron chi connectivity index (χ3n) is 4.61. The fourth-order valence-corrected chi connectivity index (χ4v) is 3.11. The Bertz CT molecular complexity index is 791. The van der Waals surface area contributed by atoms with Crippen molar-refractivity contribution in [2.24, 2.45) is 0 Å². The SMILES string of the molecule is COc1ccc(C(=O)N2CCN([C@H](C#N)c3ccc(F)cc3)CC2)cc1. The molecule has 1 amide bonds. The van der Waals surface area contributed by atoms with Crippen molar-refractivity contribution < 1.29 is 13.9 Å². The van der Waals surface area contributed by atoms with Crippen molar-refractivity contribution in [3.63, 3.8) is 0 Å². The second-order valence-electron chi connectivity index (χ2n) is 6.14. The Balaban J connectivity index is 1.63. The molecule has 1 saturated heterocycles. The third kappa shape index (κ3) is 3.84. The van der Waals surface area contributed by atoms with Gasteiger partial charge < -0.3 is 9.64 Å². The van der Waals surface area contributed by atoms with Crippen molar-refractivity contribution in [3.8, 4) is 11.8 Å². The Morgan fingerprint density at radius 1 is 1.08 bits per heavy atom. The molecule has 2 aromatic carbocycles. The number of halogens is 1. The van der Waals surface area contributed by atoms with Crippen LogP contribution in [-0.4, -0.2) is 49.0 Å². The zero-order valence-electron chi connectivity index (χ0n) is 14.6. The molecule has 3 rings (SSSR count). The Labute approximate surface area is 152 Å². The molecule has 26 heavy (non-hydrogen) atoms. The van der Waals surface area contributed by atoms with Crippen LogP contribution in [0.1, 0.15) is 22.0 Å². The van der Waals surface area contributed by atoms with Gasteiger partial charge in [0.05, 0.1) is 13.2 Å². The van der Waals surface area contributed by atoms with E-state index in [-0.39, 0.29) is 11.7 Å². The maximum Gasteiger partial charge on any atom is 0.253 e. The van der Waals surface area contributed by atoms with Gasteiger partial charge in [-0.15, -0.1) is 0 Å². The average molecular weight is 353 g/mol. The van der Waals surface area contributed by atoms with Gasteiger partial charge >= 0.3 is 0 Å². The van der Waals surface area contributed by atoms with Crippen LogP contribution in [0, 0.1) is 17.1 Å². The fraction of sp³-hybridized carbons (Fsp3) is 0.300. The summed E-state index contributed by atoms with van der Waals surface area (Å²) in [6, 6.07) is 14.9. The van der Waals surface area contributed by atoms with E-state index in [0.29, 0.717) is 37.5 Å². The first-order valence-corrected chi connectivity index (χ1v) is 8.45. The third-order valence-corrected chi connectivity index (χ3v) is 4.61. The summed E-state index contributed by atoms with van der Waals surface area (Å²) in [4.78, 5) is 16.4. The number of carbonyl (C=O) groups excluding carboxylic acids is 1. The zero-order chi connectivity index (χ0) is 18.5. The summed E-state index contributed by atoms with van der Waals surface area (Å²) < 4.78 is 18.2. The molecule has 0 bridgehead atoms. The van der Waals surface area contributed by atoms with Crippen molar-refractivity contribution in [1.29, 1.82) is 5.26 Å². The molecule has 5 nitrogen and oxygen atoms in total. The lowest BCUT2D eigenvalue weighted by Crippen LogP contribution is -2.49. The van der Waals surface area contributed by atoms with E-state index >= 15 is 0 Å². The van der Waals surface area contributed by atoms with Gasteiger partial charge in [0.15, 0.2) is 0 Å². The van der Waals surface area contributed by atoms with Gasteiger partial charge in [-0.3, -0.25) is 9.69 Å². The van der Waals surface area contributed by atoms with Crippen LogP contribution in [0.5, 0.6) is 5.75 Å². The minimum atomic E-state index is -0.436. The number of piperazine rings is 1. The molecule has 1 atom stereocenters. The van der Waals surface area contributed by atoms with Crippen LogP contribution in [0.25, 0.3) is 0 Å². The molecule has 2 aromatic rings. The molecule has 0 N–H and O–H groups in total. The smallest absolute Gasteiger partial charge is 0.253 e. The van der Waals surface area contributed by atoms with E-state index in [1.165, 1.54) is 12.1 Å². The van der Waals surface area contributed by atoms with E-state index in [1.807, 2.05) is 4.90 Å². The first kappa shape index (κ1) is 17.9. The Hall–Kier alpha value is -2.91. The van der Waals surface area contributed by atoms with E-state index < -0.39 is 6.04 Å². The van der Waals surface area contributed by atoms with Crippen molar-refractivity contribution >= 4 is 5.91 Å². The van der Waals surface area contributed by atoms with Crippen molar-refractivity contribution in [2.45, 2.75) is 6.04 Å². The lowest BCUT2D eigenvalue weighted by atomic mass is 10.1. The van der Waals surface area contributed by atoms with E-state index in [0.717, 1.165) is 5.56 Å². The first-order chi connectivity index (χ1) is 12.6. The number of ether oxygens (including phenoxy) is 1. The second-order valence-corrected chi connectivity index (χ2v) is 6.14. The van der Waals surface area contributed by atoms with Gasteiger partial charge in [-0.25, -0.2) is 4.39 Å². The topological polar surface area (TPSA) is 56.6 Å². The summed E-state index contributed by atoms with van der Waals surface area (Å²) in [6.07, 6.45) is 0.